The number of hydrogen-bond donors (Lipinski definition) is 0. The maximum absolute atomic E-state index is 6.03. The van der Waals surface area contributed by atoms with Crippen LogP contribution < -0.4 is 9.47 Å². The number of methoxy groups -OCH3 is 1. The lowest BCUT2D eigenvalue weighted by molar-refractivity contribution is 0.0660. The molecule has 1 aromatic carbocycles. The SMILES string of the molecule is COc1ccccc1OC(C)(C)c1nc([C@@H]2CCOC2)no1. The standard InChI is InChI=1S/C16H20N2O4/c1-16(2,21-13-7-5-4-6-12(13)19-3)15-17-14(18-22-15)11-8-9-20-10-11/h4-7,11H,8-10H2,1-3H3/t11-/m1/s1. The molecule has 1 aliphatic rings. The molecule has 1 atom stereocenters. The van der Waals surface area contributed by atoms with Crippen molar-refractivity contribution in [2.45, 2.75) is 31.8 Å². The summed E-state index contributed by atoms with van der Waals surface area (Å²) < 4.78 is 22.1. The molecular weight excluding hydrogens is 284 g/mol. The van der Waals surface area contributed by atoms with Gasteiger partial charge < -0.3 is 18.7 Å². The fourth-order valence-corrected chi connectivity index (χ4v) is 2.41. The van der Waals surface area contributed by atoms with E-state index in [0.29, 0.717) is 29.8 Å². The predicted octanol–water partition coefficient (Wildman–Crippen LogP) is 2.90. The molecule has 22 heavy (non-hydrogen) atoms. The third-order valence-electron chi connectivity index (χ3n) is 3.69. The number of para-hydroxylation sites is 2. The number of benzene rings is 1. The van der Waals surface area contributed by atoms with Gasteiger partial charge in [0.1, 0.15) is 0 Å². The molecule has 1 aromatic heterocycles. The Morgan fingerprint density at radius 3 is 2.68 bits per heavy atom. The van der Waals surface area contributed by atoms with Crippen LogP contribution >= 0.6 is 0 Å². The molecule has 0 spiro atoms. The minimum atomic E-state index is -0.751. The van der Waals surface area contributed by atoms with Crippen molar-refractivity contribution in [2.24, 2.45) is 0 Å². The summed E-state index contributed by atoms with van der Waals surface area (Å²) in [5.41, 5.74) is -0.751. The molecule has 0 radical (unpaired) electrons. The molecule has 1 fully saturated rings. The quantitative estimate of drug-likeness (QED) is 0.846. The minimum Gasteiger partial charge on any atom is -0.493 e. The largest absolute Gasteiger partial charge is 0.493 e. The van der Waals surface area contributed by atoms with Crippen LogP contribution in [0, 0.1) is 0 Å². The van der Waals surface area contributed by atoms with E-state index in [0.717, 1.165) is 13.0 Å². The second-order valence-corrected chi connectivity index (χ2v) is 5.78. The molecular formula is C16H20N2O4. The highest BCUT2D eigenvalue weighted by Crippen LogP contribution is 2.34. The van der Waals surface area contributed by atoms with Gasteiger partial charge in [0.05, 0.1) is 13.7 Å². The molecule has 0 unspecified atom stereocenters. The van der Waals surface area contributed by atoms with Crippen molar-refractivity contribution in [3.8, 4) is 11.5 Å². The van der Waals surface area contributed by atoms with Gasteiger partial charge in [0.25, 0.3) is 5.89 Å². The molecule has 0 bridgehead atoms. The molecule has 1 aliphatic heterocycles. The second kappa shape index (κ2) is 5.96. The van der Waals surface area contributed by atoms with Crippen molar-refractivity contribution in [1.29, 1.82) is 0 Å². The first-order valence-electron chi connectivity index (χ1n) is 7.34. The third-order valence-corrected chi connectivity index (χ3v) is 3.69. The van der Waals surface area contributed by atoms with Crippen molar-refractivity contribution in [3.05, 3.63) is 36.0 Å². The average molecular weight is 304 g/mol. The topological polar surface area (TPSA) is 66.6 Å². The summed E-state index contributed by atoms with van der Waals surface area (Å²) in [6, 6.07) is 7.48. The highest BCUT2D eigenvalue weighted by Gasteiger charge is 2.33. The Kier molecular flexibility index (Phi) is 4.02. The maximum atomic E-state index is 6.03. The molecule has 6 nitrogen and oxygen atoms in total. The number of hydrogen-bond acceptors (Lipinski definition) is 6. The van der Waals surface area contributed by atoms with E-state index in [9.17, 15) is 0 Å². The summed E-state index contributed by atoms with van der Waals surface area (Å²) in [7, 11) is 1.61. The third kappa shape index (κ3) is 2.92. The van der Waals surface area contributed by atoms with Gasteiger partial charge in [-0.3, -0.25) is 0 Å². The van der Waals surface area contributed by atoms with Gasteiger partial charge in [-0.1, -0.05) is 17.3 Å². The monoisotopic (exact) mass is 304 g/mol. The molecule has 0 aliphatic carbocycles. The van der Waals surface area contributed by atoms with E-state index in [1.807, 2.05) is 38.1 Å². The van der Waals surface area contributed by atoms with Crippen LogP contribution in [0.5, 0.6) is 11.5 Å². The second-order valence-electron chi connectivity index (χ2n) is 5.78. The molecule has 118 valence electrons. The van der Waals surface area contributed by atoms with Crippen molar-refractivity contribution in [2.75, 3.05) is 20.3 Å². The molecule has 0 N–H and O–H groups in total. The predicted molar refractivity (Wildman–Crippen MR) is 79.1 cm³/mol. The van der Waals surface area contributed by atoms with Crippen molar-refractivity contribution in [1.82, 2.24) is 10.1 Å². The molecule has 2 aromatic rings. The van der Waals surface area contributed by atoms with Gasteiger partial charge in [-0.2, -0.15) is 4.98 Å². The van der Waals surface area contributed by atoms with Crippen LogP contribution in [-0.2, 0) is 10.3 Å². The summed E-state index contributed by atoms with van der Waals surface area (Å²) in [4.78, 5) is 4.49. The van der Waals surface area contributed by atoms with Crippen LogP contribution in [0.4, 0.5) is 0 Å². The fraction of sp³-hybridized carbons (Fsp3) is 0.500. The van der Waals surface area contributed by atoms with Gasteiger partial charge in [0.2, 0.25) is 0 Å². The van der Waals surface area contributed by atoms with Crippen LogP contribution in [0.2, 0.25) is 0 Å². The lowest BCUT2D eigenvalue weighted by atomic mass is 10.1. The van der Waals surface area contributed by atoms with Crippen LogP contribution in [0.25, 0.3) is 0 Å². The Morgan fingerprint density at radius 2 is 2.00 bits per heavy atom. The van der Waals surface area contributed by atoms with E-state index >= 15 is 0 Å². The normalized spacial score (nSPS) is 18.4. The zero-order valence-corrected chi connectivity index (χ0v) is 13.0. The molecule has 0 saturated carbocycles. The van der Waals surface area contributed by atoms with E-state index in [1.165, 1.54) is 0 Å². The van der Waals surface area contributed by atoms with Crippen molar-refractivity contribution >= 4 is 0 Å². The van der Waals surface area contributed by atoms with Gasteiger partial charge in [0.15, 0.2) is 22.9 Å². The Labute approximate surface area is 129 Å². The summed E-state index contributed by atoms with van der Waals surface area (Å²) in [5.74, 6) is 2.64. The average Bonchev–Trinajstić information content (AvgIpc) is 3.18. The summed E-state index contributed by atoms with van der Waals surface area (Å²) in [6.07, 6.45) is 0.923. The summed E-state index contributed by atoms with van der Waals surface area (Å²) in [6.45, 7) is 5.17. The van der Waals surface area contributed by atoms with E-state index < -0.39 is 5.60 Å². The zero-order valence-electron chi connectivity index (χ0n) is 13.0. The molecule has 2 heterocycles. The van der Waals surface area contributed by atoms with Crippen molar-refractivity contribution < 1.29 is 18.7 Å². The molecule has 0 amide bonds. The van der Waals surface area contributed by atoms with Gasteiger partial charge in [0, 0.05) is 12.5 Å². The van der Waals surface area contributed by atoms with Gasteiger partial charge >= 0.3 is 0 Å². The highest BCUT2D eigenvalue weighted by atomic mass is 16.6. The smallest absolute Gasteiger partial charge is 0.270 e. The van der Waals surface area contributed by atoms with Gasteiger partial charge in [-0.05, 0) is 32.4 Å². The van der Waals surface area contributed by atoms with E-state index in [2.05, 4.69) is 10.1 Å². The lowest BCUT2D eigenvalue weighted by Crippen LogP contribution is -2.26. The number of rotatable bonds is 5. The lowest BCUT2D eigenvalue weighted by Gasteiger charge is -2.23. The Morgan fingerprint density at radius 1 is 1.23 bits per heavy atom. The number of nitrogens with zero attached hydrogens (tertiary/aromatic N) is 2. The first-order chi connectivity index (χ1) is 10.6. The van der Waals surface area contributed by atoms with Crippen LogP contribution in [-0.4, -0.2) is 30.5 Å². The minimum absolute atomic E-state index is 0.208. The molecule has 6 heteroatoms. The highest BCUT2D eigenvalue weighted by molar-refractivity contribution is 5.39. The molecule has 3 rings (SSSR count). The van der Waals surface area contributed by atoms with Gasteiger partial charge in [-0.15, -0.1) is 0 Å². The Bertz CT molecular complexity index is 633. The van der Waals surface area contributed by atoms with E-state index in [-0.39, 0.29) is 5.92 Å². The van der Waals surface area contributed by atoms with E-state index in [4.69, 9.17) is 18.7 Å². The summed E-state index contributed by atoms with van der Waals surface area (Å²) in [5, 5.41) is 4.07. The van der Waals surface area contributed by atoms with Crippen LogP contribution in [0.1, 0.15) is 37.9 Å². The van der Waals surface area contributed by atoms with E-state index in [1.54, 1.807) is 7.11 Å². The first kappa shape index (κ1) is 14.8. The zero-order chi connectivity index (χ0) is 15.6. The fourth-order valence-electron chi connectivity index (χ4n) is 2.41. The van der Waals surface area contributed by atoms with Crippen LogP contribution in [0.3, 0.4) is 0 Å². The summed E-state index contributed by atoms with van der Waals surface area (Å²) >= 11 is 0. The van der Waals surface area contributed by atoms with Crippen molar-refractivity contribution in [3.63, 3.8) is 0 Å². The number of ether oxygens (including phenoxy) is 3. The molecule has 1 saturated heterocycles. The maximum Gasteiger partial charge on any atom is 0.270 e. The van der Waals surface area contributed by atoms with Crippen LogP contribution in [0.15, 0.2) is 28.8 Å². The first-order valence-corrected chi connectivity index (χ1v) is 7.34. The number of aromatic nitrogens is 2. The Balaban J connectivity index is 1.80. The van der Waals surface area contributed by atoms with Gasteiger partial charge in [-0.25, -0.2) is 0 Å². The Hall–Kier alpha value is -2.08.